The van der Waals surface area contributed by atoms with Crippen LogP contribution < -0.4 is 9.64 Å². The number of anilines is 1. The first kappa shape index (κ1) is 15.5. The monoisotopic (exact) mass is 336 g/mol. The largest absolute Gasteiger partial charge is 0.495 e. The number of imide groups is 1. The number of hydrogen-bond acceptors (Lipinski definition) is 5. The molecular weight excluding hydrogens is 324 g/mol. The highest BCUT2D eigenvalue weighted by atomic mass is 35.5. The van der Waals surface area contributed by atoms with Gasteiger partial charge >= 0.3 is 0 Å². The van der Waals surface area contributed by atoms with E-state index in [4.69, 9.17) is 16.3 Å². The second-order valence-electron chi connectivity index (χ2n) is 5.43. The van der Waals surface area contributed by atoms with Crippen LogP contribution in [0.3, 0.4) is 0 Å². The molecule has 1 saturated heterocycles. The Morgan fingerprint density at radius 2 is 2.00 bits per heavy atom. The van der Waals surface area contributed by atoms with Gasteiger partial charge in [-0.3, -0.25) is 19.7 Å². The van der Waals surface area contributed by atoms with E-state index in [0.717, 1.165) is 4.90 Å². The molecule has 0 N–H and O–H groups in total. The molecule has 1 heterocycles. The van der Waals surface area contributed by atoms with Gasteiger partial charge in [-0.15, -0.1) is 0 Å². The zero-order valence-electron chi connectivity index (χ0n) is 12.2. The van der Waals surface area contributed by atoms with Crippen molar-refractivity contribution in [2.45, 2.75) is 12.8 Å². The van der Waals surface area contributed by atoms with E-state index >= 15 is 0 Å². The van der Waals surface area contributed by atoms with Crippen LogP contribution in [-0.4, -0.2) is 23.8 Å². The molecule has 120 valence electrons. The molecule has 2 aliphatic rings. The number of rotatable bonds is 3. The quantitative estimate of drug-likeness (QED) is 0.481. The summed E-state index contributed by atoms with van der Waals surface area (Å²) in [7, 11) is 1.38. The smallest absolute Gasteiger partial charge is 0.271 e. The Morgan fingerprint density at radius 3 is 2.65 bits per heavy atom. The van der Waals surface area contributed by atoms with E-state index in [-0.39, 0.29) is 23.0 Å². The highest BCUT2D eigenvalue weighted by molar-refractivity contribution is 6.30. The lowest BCUT2D eigenvalue weighted by Gasteiger charge is -2.17. The molecule has 7 nitrogen and oxygen atoms in total. The van der Waals surface area contributed by atoms with Gasteiger partial charge in [-0.25, -0.2) is 4.90 Å². The molecule has 2 amide bonds. The minimum atomic E-state index is -0.584. The molecule has 1 aliphatic heterocycles. The highest BCUT2D eigenvalue weighted by Crippen LogP contribution is 2.43. The van der Waals surface area contributed by atoms with E-state index in [2.05, 4.69) is 0 Å². The number of carbonyl (C=O) groups is 2. The molecule has 8 heteroatoms. The average molecular weight is 337 g/mol. The maximum Gasteiger partial charge on any atom is 0.271 e. The van der Waals surface area contributed by atoms with Crippen LogP contribution in [0.2, 0.25) is 0 Å². The zero-order valence-corrected chi connectivity index (χ0v) is 12.9. The van der Waals surface area contributed by atoms with Crippen LogP contribution in [0.15, 0.2) is 29.3 Å². The number of ether oxygens (including phenoxy) is 1. The second kappa shape index (κ2) is 5.66. The van der Waals surface area contributed by atoms with Crippen molar-refractivity contribution >= 4 is 34.8 Å². The summed E-state index contributed by atoms with van der Waals surface area (Å²) in [5.74, 6) is -1.54. The number of benzene rings is 1. The van der Waals surface area contributed by atoms with Gasteiger partial charge in [0.05, 0.1) is 23.9 Å². The molecule has 1 aromatic rings. The standard InChI is InChI=1S/C15H13ClN2O5/c1-23-13-5-3-9(18(21)22)7-12(13)17-14(19)10-4-2-8(16)6-11(10)15(17)20/h2-3,5,7,10-11H,4,6H2,1H3/t10-,11-/m1/s1. The van der Waals surface area contributed by atoms with E-state index in [9.17, 15) is 19.7 Å². The maximum atomic E-state index is 12.6. The normalized spacial score (nSPS) is 23.6. The second-order valence-corrected chi connectivity index (χ2v) is 5.91. The number of nitro benzene ring substituents is 1. The molecule has 0 spiro atoms. The minimum Gasteiger partial charge on any atom is -0.495 e. The lowest BCUT2D eigenvalue weighted by molar-refractivity contribution is -0.384. The minimum absolute atomic E-state index is 0.0993. The first-order valence-electron chi connectivity index (χ1n) is 6.98. The van der Waals surface area contributed by atoms with Crippen molar-refractivity contribution in [2.24, 2.45) is 11.8 Å². The summed E-state index contributed by atoms with van der Waals surface area (Å²) in [4.78, 5) is 36.6. The Morgan fingerprint density at radius 1 is 1.30 bits per heavy atom. The molecule has 3 rings (SSSR count). The fourth-order valence-corrected chi connectivity index (χ4v) is 3.29. The number of fused-ring (bicyclic) bond motifs is 1. The number of allylic oxidation sites excluding steroid dienone is 2. The van der Waals surface area contributed by atoms with Crippen molar-refractivity contribution in [1.82, 2.24) is 0 Å². The Labute approximate surface area is 136 Å². The van der Waals surface area contributed by atoms with E-state index in [1.54, 1.807) is 6.08 Å². The number of amides is 2. The number of hydrogen-bond donors (Lipinski definition) is 0. The van der Waals surface area contributed by atoms with Gasteiger partial charge in [0.2, 0.25) is 11.8 Å². The highest BCUT2D eigenvalue weighted by Gasteiger charge is 2.49. The van der Waals surface area contributed by atoms with Crippen LogP contribution in [-0.2, 0) is 9.59 Å². The molecule has 2 atom stereocenters. The maximum absolute atomic E-state index is 12.6. The Balaban J connectivity index is 2.05. The summed E-state index contributed by atoms with van der Waals surface area (Å²) in [5.41, 5.74) is -0.116. The van der Waals surface area contributed by atoms with Gasteiger partial charge in [-0.2, -0.15) is 0 Å². The van der Waals surface area contributed by atoms with Gasteiger partial charge in [0, 0.05) is 17.2 Å². The summed E-state index contributed by atoms with van der Waals surface area (Å²) < 4.78 is 5.16. The van der Waals surface area contributed by atoms with Crippen molar-refractivity contribution in [2.75, 3.05) is 12.0 Å². The Bertz CT molecular complexity index is 745. The van der Waals surface area contributed by atoms with Crippen LogP contribution in [0.5, 0.6) is 5.75 Å². The summed E-state index contributed by atoms with van der Waals surface area (Å²) in [5, 5.41) is 11.5. The first-order valence-corrected chi connectivity index (χ1v) is 7.36. The lowest BCUT2D eigenvalue weighted by atomic mass is 9.85. The third kappa shape index (κ3) is 2.46. The number of nitrogens with zero attached hydrogens (tertiary/aromatic N) is 2. The summed E-state index contributed by atoms with van der Waals surface area (Å²) in [6.45, 7) is 0. The van der Waals surface area contributed by atoms with Crippen LogP contribution in [0.25, 0.3) is 0 Å². The molecule has 0 bridgehead atoms. The van der Waals surface area contributed by atoms with Crippen LogP contribution in [0, 0.1) is 22.0 Å². The zero-order chi connectivity index (χ0) is 16.7. The Kier molecular flexibility index (Phi) is 3.81. The predicted molar refractivity (Wildman–Crippen MR) is 82.3 cm³/mol. The summed E-state index contributed by atoms with van der Waals surface area (Å²) >= 11 is 5.98. The number of halogens is 1. The van der Waals surface area contributed by atoms with Crippen molar-refractivity contribution in [3.63, 3.8) is 0 Å². The lowest BCUT2D eigenvalue weighted by Crippen LogP contribution is -2.31. The predicted octanol–water partition coefficient (Wildman–Crippen LogP) is 2.63. The van der Waals surface area contributed by atoms with Crippen molar-refractivity contribution in [3.05, 3.63) is 39.4 Å². The number of nitro groups is 1. The average Bonchev–Trinajstić information content (AvgIpc) is 2.77. The first-order chi connectivity index (χ1) is 10.9. The van der Waals surface area contributed by atoms with Crippen molar-refractivity contribution in [3.8, 4) is 5.75 Å². The van der Waals surface area contributed by atoms with E-state index in [0.29, 0.717) is 17.9 Å². The summed E-state index contributed by atoms with van der Waals surface area (Å²) in [6, 6.07) is 3.82. The molecule has 0 aromatic heterocycles. The van der Waals surface area contributed by atoms with Gasteiger partial charge in [0.15, 0.2) is 0 Å². The summed E-state index contributed by atoms with van der Waals surface area (Å²) in [6.07, 6.45) is 2.44. The van der Waals surface area contributed by atoms with Gasteiger partial charge in [-0.1, -0.05) is 17.7 Å². The van der Waals surface area contributed by atoms with Crippen molar-refractivity contribution < 1.29 is 19.2 Å². The molecule has 0 radical (unpaired) electrons. The Hall–Kier alpha value is -2.41. The molecule has 23 heavy (non-hydrogen) atoms. The van der Waals surface area contributed by atoms with Crippen LogP contribution in [0.4, 0.5) is 11.4 Å². The van der Waals surface area contributed by atoms with E-state index in [1.165, 1.54) is 25.3 Å². The topological polar surface area (TPSA) is 89.8 Å². The van der Waals surface area contributed by atoms with Crippen LogP contribution in [0.1, 0.15) is 12.8 Å². The molecule has 1 aliphatic carbocycles. The molecular formula is C15H13ClN2O5. The van der Waals surface area contributed by atoms with E-state index < -0.39 is 22.7 Å². The molecule has 0 saturated carbocycles. The number of carbonyl (C=O) groups excluding carboxylic acids is 2. The van der Waals surface area contributed by atoms with Gasteiger partial charge in [0.1, 0.15) is 11.4 Å². The third-order valence-corrected chi connectivity index (χ3v) is 4.49. The molecule has 0 unspecified atom stereocenters. The number of non-ortho nitro benzene ring substituents is 1. The number of methoxy groups -OCH3 is 1. The molecule has 1 fully saturated rings. The van der Waals surface area contributed by atoms with Crippen LogP contribution >= 0.6 is 11.6 Å². The third-order valence-electron chi connectivity index (χ3n) is 4.18. The molecule has 1 aromatic carbocycles. The van der Waals surface area contributed by atoms with Gasteiger partial charge in [-0.05, 0) is 18.9 Å². The van der Waals surface area contributed by atoms with E-state index in [1.807, 2.05) is 0 Å². The van der Waals surface area contributed by atoms with Crippen molar-refractivity contribution in [1.29, 1.82) is 0 Å². The fourth-order valence-electron chi connectivity index (χ4n) is 3.03. The van der Waals surface area contributed by atoms with Gasteiger partial charge < -0.3 is 4.74 Å². The fraction of sp³-hybridized carbons (Fsp3) is 0.333. The SMILES string of the molecule is COc1ccc([N+](=O)[O-])cc1N1C(=O)[C@@H]2CC=C(Cl)C[C@H]2C1=O. The van der Waals surface area contributed by atoms with Gasteiger partial charge in [0.25, 0.3) is 5.69 Å².